The molecule has 226 valence electrons. The summed E-state index contributed by atoms with van der Waals surface area (Å²) in [6, 6.07) is 7.64. The Bertz CT molecular complexity index is 1430. The van der Waals surface area contributed by atoms with E-state index in [-0.39, 0.29) is 34.7 Å². The van der Waals surface area contributed by atoms with Gasteiger partial charge in [0.15, 0.2) is 0 Å². The zero-order valence-corrected chi connectivity index (χ0v) is 22.1. The molecule has 0 radical (unpaired) electrons. The first-order valence-corrected chi connectivity index (χ1v) is 12.2. The van der Waals surface area contributed by atoms with Gasteiger partial charge >= 0.3 is 24.3 Å². The van der Waals surface area contributed by atoms with Crippen molar-refractivity contribution in [1.82, 2.24) is 10.3 Å². The molecule has 1 aliphatic rings. The lowest BCUT2D eigenvalue weighted by Crippen LogP contribution is -2.35. The third-order valence-corrected chi connectivity index (χ3v) is 6.39. The van der Waals surface area contributed by atoms with E-state index in [2.05, 4.69) is 19.8 Å². The van der Waals surface area contributed by atoms with Crippen LogP contribution in [-0.4, -0.2) is 37.7 Å². The molecule has 6 nitrogen and oxygen atoms in total. The molecule has 2 heterocycles. The van der Waals surface area contributed by atoms with Crippen molar-refractivity contribution in [2.75, 3.05) is 20.8 Å². The second-order valence-corrected chi connectivity index (χ2v) is 9.10. The molecular formula is C28H24F8N2O4. The number of benzene rings is 2. The molecule has 0 aliphatic carbocycles. The van der Waals surface area contributed by atoms with Crippen molar-refractivity contribution in [3.05, 3.63) is 88.6 Å². The average Bonchev–Trinajstić information content (AvgIpc) is 2.95. The summed E-state index contributed by atoms with van der Waals surface area (Å²) in [6.07, 6.45) is -7.22. The Hall–Kier alpha value is -4.07. The van der Waals surface area contributed by atoms with Crippen LogP contribution in [0.2, 0.25) is 0 Å². The number of piperidine rings is 1. The van der Waals surface area contributed by atoms with Crippen molar-refractivity contribution in [2.24, 2.45) is 5.92 Å². The van der Waals surface area contributed by atoms with Gasteiger partial charge in [0, 0.05) is 17.8 Å². The fourth-order valence-electron chi connectivity index (χ4n) is 4.27. The van der Waals surface area contributed by atoms with Gasteiger partial charge < -0.3 is 14.8 Å². The quantitative estimate of drug-likeness (QED) is 0.262. The Kier molecular flexibility index (Phi) is 10.3. The van der Waals surface area contributed by atoms with Crippen LogP contribution in [0.25, 0.3) is 11.3 Å². The van der Waals surface area contributed by atoms with Gasteiger partial charge in [0.05, 0.1) is 42.5 Å². The van der Waals surface area contributed by atoms with E-state index in [1.807, 2.05) is 0 Å². The van der Waals surface area contributed by atoms with E-state index in [9.17, 15) is 44.7 Å². The van der Waals surface area contributed by atoms with Gasteiger partial charge in [-0.3, -0.25) is 9.78 Å². The molecule has 1 fully saturated rings. The number of hydrogen-bond donors (Lipinski definition) is 1. The predicted molar refractivity (Wildman–Crippen MR) is 133 cm³/mol. The fourth-order valence-corrected chi connectivity index (χ4v) is 4.27. The minimum Gasteiger partial charge on any atom is -0.469 e. The van der Waals surface area contributed by atoms with Gasteiger partial charge in [0.1, 0.15) is 11.6 Å². The Labute approximate surface area is 234 Å². The van der Waals surface area contributed by atoms with Gasteiger partial charge in [-0.1, -0.05) is 12.1 Å². The number of hydrogen-bond acceptors (Lipinski definition) is 6. The van der Waals surface area contributed by atoms with E-state index in [0.717, 1.165) is 24.3 Å². The number of halogens is 8. The first kappa shape index (κ1) is 32.4. The maximum Gasteiger partial charge on any atom is 0.419 e. The number of aromatic nitrogens is 1. The smallest absolute Gasteiger partial charge is 0.419 e. The number of carbonyl (C=O) groups is 2. The first-order valence-electron chi connectivity index (χ1n) is 12.2. The van der Waals surface area contributed by atoms with Crippen LogP contribution < -0.4 is 5.32 Å². The maximum atomic E-state index is 13.6. The number of rotatable bonds is 4. The fraction of sp³-hybridized carbons (Fsp3) is 0.321. The highest BCUT2D eigenvalue weighted by molar-refractivity contribution is 5.90. The SMILES string of the molecule is COC(=O)C1CCNC(c2ccc(C(F)(F)F)c(F)c2)C1.COC(=O)c1ccnc(-c2ccc(C(F)(F)F)c(F)c2)c1. The molecule has 14 heteroatoms. The third kappa shape index (κ3) is 8.02. The molecule has 1 N–H and O–H groups in total. The highest BCUT2D eigenvalue weighted by atomic mass is 19.4. The Morgan fingerprint density at radius 1 is 0.857 bits per heavy atom. The van der Waals surface area contributed by atoms with Crippen molar-refractivity contribution in [1.29, 1.82) is 0 Å². The second kappa shape index (κ2) is 13.3. The van der Waals surface area contributed by atoms with Crippen LogP contribution in [-0.2, 0) is 26.6 Å². The number of carbonyl (C=O) groups excluding carboxylic acids is 2. The minimum atomic E-state index is -4.76. The predicted octanol–water partition coefficient (Wildman–Crippen LogP) is 6.75. The summed E-state index contributed by atoms with van der Waals surface area (Å²) >= 11 is 0. The average molecular weight is 604 g/mol. The van der Waals surface area contributed by atoms with Crippen molar-refractivity contribution < 1.29 is 54.2 Å². The number of nitrogens with one attached hydrogen (secondary N) is 1. The van der Waals surface area contributed by atoms with E-state index in [1.165, 1.54) is 38.6 Å². The highest BCUT2D eigenvalue weighted by Crippen LogP contribution is 2.35. The Morgan fingerprint density at radius 3 is 2.02 bits per heavy atom. The summed E-state index contributed by atoms with van der Waals surface area (Å²) in [4.78, 5) is 26.8. The minimum absolute atomic E-state index is 0.131. The summed E-state index contributed by atoms with van der Waals surface area (Å²) in [5.74, 6) is -4.00. The molecule has 0 spiro atoms. The maximum absolute atomic E-state index is 13.6. The second-order valence-electron chi connectivity index (χ2n) is 9.10. The van der Waals surface area contributed by atoms with Crippen molar-refractivity contribution in [2.45, 2.75) is 31.2 Å². The van der Waals surface area contributed by atoms with Gasteiger partial charge in [-0.2, -0.15) is 26.3 Å². The zero-order valence-electron chi connectivity index (χ0n) is 22.1. The van der Waals surface area contributed by atoms with E-state index < -0.39 is 41.1 Å². The van der Waals surface area contributed by atoms with E-state index >= 15 is 0 Å². The molecule has 3 aromatic rings. The summed E-state index contributed by atoms with van der Waals surface area (Å²) in [5.41, 5.74) is -1.77. The molecular weight excluding hydrogens is 580 g/mol. The topological polar surface area (TPSA) is 77.5 Å². The Morgan fingerprint density at radius 2 is 1.48 bits per heavy atom. The highest BCUT2D eigenvalue weighted by Gasteiger charge is 2.36. The van der Waals surface area contributed by atoms with Crippen molar-refractivity contribution in [3.8, 4) is 11.3 Å². The Balaban J connectivity index is 0.000000230. The third-order valence-electron chi connectivity index (χ3n) is 6.39. The normalized spacial score (nSPS) is 17.1. The molecule has 0 amide bonds. The number of esters is 2. The van der Waals surface area contributed by atoms with Gasteiger partial charge in [-0.25, -0.2) is 13.6 Å². The van der Waals surface area contributed by atoms with Gasteiger partial charge in [0.2, 0.25) is 0 Å². The number of ether oxygens (including phenoxy) is 2. The zero-order chi connectivity index (χ0) is 31.2. The lowest BCUT2D eigenvalue weighted by molar-refractivity contribution is -0.146. The molecule has 0 saturated carbocycles. The van der Waals surface area contributed by atoms with E-state index in [4.69, 9.17) is 0 Å². The van der Waals surface area contributed by atoms with Gasteiger partial charge in [0.25, 0.3) is 0 Å². The summed E-state index contributed by atoms with van der Waals surface area (Å²) in [7, 11) is 2.48. The molecule has 2 unspecified atom stereocenters. The lowest BCUT2D eigenvalue weighted by Gasteiger charge is -2.29. The largest absolute Gasteiger partial charge is 0.469 e. The molecule has 42 heavy (non-hydrogen) atoms. The lowest BCUT2D eigenvalue weighted by atomic mass is 9.88. The number of pyridine rings is 1. The summed E-state index contributed by atoms with van der Waals surface area (Å²) in [6.45, 7) is 0.521. The molecule has 0 bridgehead atoms. The van der Waals surface area contributed by atoms with Crippen LogP contribution in [0.15, 0.2) is 54.7 Å². The van der Waals surface area contributed by atoms with Crippen LogP contribution in [0.1, 0.15) is 45.9 Å². The van der Waals surface area contributed by atoms with E-state index in [1.54, 1.807) is 0 Å². The molecule has 1 aromatic heterocycles. The van der Waals surface area contributed by atoms with Gasteiger partial charge in [-0.05, 0) is 61.3 Å². The van der Waals surface area contributed by atoms with Crippen molar-refractivity contribution >= 4 is 11.9 Å². The molecule has 4 rings (SSSR count). The molecule has 1 aliphatic heterocycles. The monoisotopic (exact) mass is 604 g/mol. The molecule has 1 saturated heterocycles. The van der Waals surface area contributed by atoms with Gasteiger partial charge in [-0.15, -0.1) is 0 Å². The molecule has 2 atom stereocenters. The number of nitrogens with zero attached hydrogens (tertiary/aromatic N) is 1. The standard InChI is InChI=1S/C14H15F4NO2.C14H9F4NO2/c2*1-21-13(20)9-4-5-19-12(7-9)8-2-3-10(11(15)6-8)14(16,17)18/h2-3,6,9,12,19H,4-5,7H2,1H3;2-7H,1H3. The summed E-state index contributed by atoms with van der Waals surface area (Å²) in [5, 5.41) is 3.07. The van der Waals surface area contributed by atoms with Crippen LogP contribution in [0.3, 0.4) is 0 Å². The van der Waals surface area contributed by atoms with Crippen molar-refractivity contribution in [3.63, 3.8) is 0 Å². The number of alkyl halides is 6. The first-order chi connectivity index (χ1) is 19.6. The summed E-state index contributed by atoms with van der Waals surface area (Å²) < 4.78 is 111. The van der Waals surface area contributed by atoms with Crippen LogP contribution >= 0.6 is 0 Å². The number of methoxy groups -OCH3 is 2. The van der Waals surface area contributed by atoms with Crippen LogP contribution in [0.4, 0.5) is 35.1 Å². The van der Waals surface area contributed by atoms with E-state index in [0.29, 0.717) is 31.0 Å². The molecule has 2 aromatic carbocycles. The van der Waals surface area contributed by atoms with Crippen LogP contribution in [0.5, 0.6) is 0 Å². The van der Waals surface area contributed by atoms with Crippen LogP contribution in [0, 0.1) is 17.6 Å².